The first kappa shape index (κ1) is 24.3. The third-order valence-electron chi connectivity index (χ3n) is 5.45. The molecule has 1 aliphatic rings. The summed E-state index contributed by atoms with van der Waals surface area (Å²) in [5, 5.41) is 6.82. The van der Waals surface area contributed by atoms with Gasteiger partial charge in [-0.05, 0) is 47.7 Å². The van der Waals surface area contributed by atoms with E-state index in [0.717, 1.165) is 56.6 Å². The second-order valence-corrected chi connectivity index (χ2v) is 7.28. The Morgan fingerprint density at radius 1 is 1.07 bits per heavy atom. The molecule has 0 radical (unpaired) electrons. The molecule has 2 N–H and O–H groups in total. The summed E-state index contributed by atoms with van der Waals surface area (Å²) >= 11 is 0. The van der Waals surface area contributed by atoms with E-state index in [2.05, 4.69) is 63.8 Å². The minimum absolute atomic E-state index is 0. The summed E-state index contributed by atoms with van der Waals surface area (Å²) in [4.78, 5) is 6.79. The van der Waals surface area contributed by atoms with Gasteiger partial charge in [-0.1, -0.05) is 24.3 Å². The third-order valence-corrected chi connectivity index (χ3v) is 5.45. The lowest BCUT2D eigenvalue weighted by Gasteiger charge is -2.29. The SMILES string of the molecule is CN=C(NCCN1CCc2cc(OC)c(OC)cc2C1)NCc1ccccc1C.I. The van der Waals surface area contributed by atoms with E-state index in [0.29, 0.717) is 0 Å². The highest BCUT2D eigenvalue weighted by Crippen LogP contribution is 2.33. The molecule has 0 amide bonds. The fraction of sp³-hybridized carbons (Fsp3) is 0.435. The summed E-state index contributed by atoms with van der Waals surface area (Å²) in [7, 11) is 5.18. The Labute approximate surface area is 197 Å². The predicted molar refractivity (Wildman–Crippen MR) is 133 cm³/mol. The first-order valence-electron chi connectivity index (χ1n) is 10.1. The first-order valence-corrected chi connectivity index (χ1v) is 10.1. The van der Waals surface area contributed by atoms with E-state index in [4.69, 9.17) is 9.47 Å². The maximum Gasteiger partial charge on any atom is 0.191 e. The molecule has 3 rings (SSSR count). The number of rotatable bonds is 7. The van der Waals surface area contributed by atoms with Gasteiger partial charge in [0.15, 0.2) is 17.5 Å². The van der Waals surface area contributed by atoms with Crippen LogP contribution in [0.25, 0.3) is 0 Å². The lowest BCUT2D eigenvalue weighted by atomic mass is 9.99. The molecule has 0 fully saturated rings. The number of aryl methyl sites for hydroxylation is 1. The number of halogens is 1. The average Bonchev–Trinajstić information content (AvgIpc) is 2.75. The van der Waals surface area contributed by atoms with Gasteiger partial charge in [-0.25, -0.2) is 0 Å². The minimum atomic E-state index is 0. The van der Waals surface area contributed by atoms with Gasteiger partial charge in [0.25, 0.3) is 0 Å². The van der Waals surface area contributed by atoms with Crippen LogP contribution in [0.3, 0.4) is 0 Å². The molecule has 0 unspecified atom stereocenters. The summed E-state index contributed by atoms with van der Waals surface area (Å²) < 4.78 is 10.9. The number of nitrogens with one attached hydrogen (secondary N) is 2. The molecule has 1 heterocycles. The number of ether oxygens (including phenoxy) is 2. The first-order chi connectivity index (χ1) is 14.1. The molecular formula is C23H33IN4O2. The maximum absolute atomic E-state index is 5.46. The predicted octanol–water partition coefficient (Wildman–Crippen LogP) is 3.35. The normalized spacial score (nSPS) is 13.8. The van der Waals surface area contributed by atoms with Gasteiger partial charge in [-0.2, -0.15) is 0 Å². The van der Waals surface area contributed by atoms with Gasteiger partial charge in [0.05, 0.1) is 14.2 Å². The molecule has 2 aromatic carbocycles. The number of guanidine groups is 1. The smallest absolute Gasteiger partial charge is 0.191 e. The molecule has 0 spiro atoms. The average molecular weight is 524 g/mol. The van der Waals surface area contributed by atoms with Crippen molar-refractivity contribution in [3.8, 4) is 11.5 Å². The lowest BCUT2D eigenvalue weighted by Crippen LogP contribution is -2.42. The van der Waals surface area contributed by atoms with Gasteiger partial charge in [-0.15, -0.1) is 24.0 Å². The Morgan fingerprint density at radius 3 is 2.43 bits per heavy atom. The van der Waals surface area contributed by atoms with Gasteiger partial charge in [-0.3, -0.25) is 9.89 Å². The summed E-state index contributed by atoms with van der Waals surface area (Å²) in [6.07, 6.45) is 1.02. The van der Waals surface area contributed by atoms with Gasteiger partial charge in [0.2, 0.25) is 0 Å². The third kappa shape index (κ3) is 6.25. The fourth-order valence-corrected chi connectivity index (χ4v) is 3.67. The molecule has 6 nitrogen and oxygen atoms in total. The fourth-order valence-electron chi connectivity index (χ4n) is 3.67. The summed E-state index contributed by atoms with van der Waals surface area (Å²) in [5.74, 6) is 2.44. The zero-order chi connectivity index (χ0) is 20.6. The van der Waals surface area contributed by atoms with Crippen LogP contribution in [0.2, 0.25) is 0 Å². The quantitative estimate of drug-likeness (QED) is 0.331. The Hall–Kier alpha value is -2.00. The molecule has 0 atom stereocenters. The molecule has 2 aromatic rings. The van der Waals surface area contributed by atoms with Gasteiger partial charge in [0, 0.05) is 39.8 Å². The Kier molecular flexibility index (Phi) is 9.71. The second kappa shape index (κ2) is 12.0. The number of hydrogen-bond donors (Lipinski definition) is 2. The van der Waals surface area contributed by atoms with Gasteiger partial charge < -0.3 is 20.1 Å². The maximum atomic E-state index is 5.46. The summed E-state index contributed by atoms with van der Waals surface area (Å²) in [6.45, 7) is 6.66. The number of fused-ring (bicyclic) bond motifs is 1. The van der Waals surface area contributed by atoms with Crippen molar-refractivity contribution in [2.45, 2.75) is 26.4 Å². The minimum Gasteiger partial charge on any atom is -0.493 e. The van der Waals surface area contributed by atoms with E-state index in [1.54, 1.807) is 14.2 Å². The van der Waals surface area contributed by atoms with Crippen molar-refractivity contribution < 1.29 is 9.47 Å². The van der Waals surface area contributed by atoms with Crippen molar-refractivity contribution in [1.29, 1.82) is 0 Å². The van der Waals surface area contributed by atoms with E-state index >= 15 is 0 Å². The largest absolute Gasteiger partial charge is 0.493 e. The molecular weight excluding hydrogens is 491 g/mol. The van der Waals surface area contributed by atoms with Crippen LogP contribution < -0.4 is 20.1 Å². The van der Waals surface area contributed by atoms with Crippen LogP contribution in [0.15, 0.2) is 41.4 Å². The second-order valence-electron chi connectivity index (χ2n) is 7.28. The molecule has 0 saturated heterocycles. The molecule has 1 aliphatic heterocycles. The van der Waals surface area contributed by atoms with Crippen molar-refractivity contribution in [3.63, 3.8) is 0 Å². The number of hydrogen-bond acceptors (Lipinski definition) is 4. The standard InChI is InChI=1S/C23H32N4O2.HI/c1-17-7-5-6-8-19(17)15-26-23(24-2)25-10-12-27-11-9-18-13-21(28-3)22(29-4)14-20(18)16-27;/h5-8,13-14H,9-12,15-16H2,1-4H3,(H2,24,25,26);1H. The highest BCUT2D eigenvalue weighted by atomic mass is 127. The van der Waals surface area contributed by atoms with Gasteiger partial charge >= 0.3 is 0 Å². The van der Waals surface area contributed by atoms with Crippen LogP contribution >= 0.6 is 24.0 Å². The van der Waals surface area contributed by atoms with E-state index in [9.17, 15) is 0 Å². The monoisotopic (exact) mass is 524 g/mol. The number of methoxy groups -OCH3 is 2. The summed E-state index contributed by atoms with van der Waals surface area (Å²) in [5.41, 5.74) is 5.24. The topological polar surface area (TPSA) is 58.1 Å². The van der Waals surface area contributed by atoms with Crippen molar-refractivity contribution in [3.05, 3.63) is 58.7 Å². The molecule has 0 saturated carbocycles. The number of nitrogens with zero attached hydrogens (tertiary/aromatic N) is 2. The van der Waals surface area contributed by atoms with Crippen LogP contribution in [0.1, 0.15) is 22.3 Å². The summed E-state index contributed by atoms with van der Waals surface area (Å²) in [6, 6.07) is 12.6. The van der Waals surface area contributed by atoms with E-state index in [1.807, 2.05) is 7.05 Å². The number of benzene rings is 2. The van der Waals surface area contributed by atoms with Crippen LogP contribution in [-0.4, -0.2) is 51.8 Å². The molecule has 164 valence electrons. The highest BCUT2D eigenvalue weighted by Gasteiger charge is 2.19. The van der Waals surface area contributed by atoms with Crippen molar-refractivity contribution >= 4 is 29.9 Å². The van der Waals surface area contributed by atoms with Gasteiger partial charge in [0.1, 0.15) is 0 Å². The van der Waals surface area contributed by atoms with Crippen LogP contribution in [0.5, 0.6) is 11.5 Å². The molecule has 0 aliphatic carbocycles. The zero-order valence-corrected chi connectivity index (χ0v) is 20.7. The van der Waals surface area contributed by atoms with Crippen LogP contribution in [0.4, 0.5) is 0 Å². The van der Waals surface area contributed by atoms with E-state index in [-0.39, 0.29) is 24.0 Å². The molecule has 0 aromatic heterocycles. The Balaban J connectivity index is 0.00000320. The number of aliphatic imine (C=N–C) groups is 1. The molecule has 30 heavy (non-hydrogen) atoms. The Bertz CT molecular complexity index is 857. The molecule has 0 bridgehead atoms. The molecule has 7 heteroatoms. The van der Waals surface area contributed by atoms with Crippen molar-refractivity contribution in [2.24, 2.45) is 4.99 Å². The van der Waals surface area contributed by atoms with Crippen molar-refractivity contribution in [2.75, 3.05) is 40.9 Å². The van der Waals surface area contributed by atoms with Crippen molar-refractivity contribution in [1.82, 2.24) is 15.5 Å². The Morgan fingerprint density at radius 2 is 1.77 bits per heavy atom. The van der Waals surface area contributed by atoms with E-state index < -0.39 is 0 Å². The van der Waals surface area contributed by atoms with Crippen LogP contribution in [0, 0.1) is 6.92 Å². The van der Waals surface area contributed by atoms with Crippen LogP contribution in [-0.2, 0) is 19.5 Å². The van der Waals surface area contributed by atoms with E-state index in [1.165, 1.54) is 22.3 Å². The zero-order valence-electron chi connectivity index (χ0n) is 18.3. The highest BCUT2D eigenvalue weighted by molar-refractivity contribution is 14.0. The lowest BCUT2D eigenvalue weighted by molar-refractivity contribution is 0.256.